The van der Waals surface area contributed by atoms with Crippen molar-refractivity contribution < 1.29 is 4.92 Å². The van der Waals surface area contributed by atoms with Crippen LogP contribution in [0, 0.1) is 10.1 Å². The smallest absolute Gasteiger partial charge is 0.264 e. The van der Waals surface area contributed by atoms with Crippen molar-refractivity contribution in [1.29, 1.82) is 0 Å². The van der Waals surface area contributed by atoms with Gasteiger partial charge in [0.05, 0.1) is 4.92 Å². The Morgan fingerprint density at radius 1 is 1.61 bits per heavy atom. The fourth-order valence-corrected chi connectivity index (χ4v) is 2.94. The maximum absolute atomic E-state index is 10.6. The van der Waals surface area contributed by atoms with E-state index in [0.717, 1.165) is 40.1 Å². The quantitative estimate of drug-likeness (QED) is 0.484. The number of thioether (sulfide) groups is 1. The molecule has 0 bridgehead atoms. The molecule has 1 fully saturated rings. The van der Waals surface area contributed by atoms with Gasteiger partial charge in [0.15, 0.2) is 0 Å². The maximum atomic E-state index is 10.6. The second-order valence-electron chi connectivity index (χ2n) is 3.87. The number of hydrogen-bond donors (Lipinski definition) is 0. The highest BCUT2D eigenvalue weighted by Gasteiger charge is 2.18. The molecular formula is C11H12BrN3O2S. The predicted molar refractivity (Wildman–Crippen MR) is 74.5 cm³/mol. The largest absolute Gasteiger partial charge is 0.357 e. The number of pyridine rings is 1. The molecule has 0 atom stereocenters. The molecule has 1 aliphatic heterocycles. The number of halogens is 1. The van der Waals surface area contributed by atoms with E-state index in [0.29, 0.717) is 6.54 Å². The summed E-state index contributed by atoms with van der Waals surface area (Å²) in [6.07, 6.45) is 3.92. The molecule has 0 aromatic carbocycles. The average Bonchev–Trinajstić information content (AvgIpc) is 2.34. The van der Waals surface area contributed by atoms with Crippen molar-refractivity contribution >= 4 is 27.7 Å². The van der Waals surface area contributed by atoms with Crippen molar-refractivity contribution in [1.82, 2.24) is 9.88 Å². The number of nitro groups is 1. The first-order valence-electron chi connectivity index (χ1n) is 5.48. The lowest BCUT2D eigenvalue weighted by atomic mass is 10.2. The minimum absolute atomic E-state index is 0.388. The molecule has 96 valence electrons. The second kappa shape index (κ2) is 6.19. The number of rotatable bonds is 3. The van der Waals surface area contributed by atoms with Gasteiger partial charge < -0.3 is 4.90 Å². The first-order chi connectivity index (χ1) is 8.65. The highest BCUT2D eigenvalue weighted by atomic mass is 79.9. The summed E-state index contributed by atoms with van der Waals surface area (Å²) in [7, 11) is 0. The Morgan fingerprint density at radius 2 is 2.44 bits per heavy atom. The topological polar surface area (TPSA) is 59.3 Å². The number of aromatic nitrogens is 1. The molecule has 7 heteroatoms. The molecule has 0 spiro atoms. The van der Waals surface area contributed by atoms with Crippen LogP contribution in [0.5, 0.6) is 0 Å². The van der Waals surface area contributed by atoms with Crippen molar-refractivity contribution in [2.75, 3.05) is 12.3 Å². The molecule has 0 aliphatic carbocycles. The molecule has 0 amide bonds. The second-order valence-corrected chi connectivity index (χ2v) is 5.79. The summed E-state index contributed by atoms with van der Waals surface area (Å²) in [5.74, 6) is 0.939. The SMILES string of the molecule is O=[N+]([O-])C=C1SCCCN1Cc1ccc(Br)nc1. The van der Waals surface area contributed by atoms with Crippen LogP contribution in [0.25, 0.3) is 0 Å². The van der Waals surface area contributed by atoms with E-state index in [1.54, 1.807) is 6.20 Å². The molecule has 1 aromatic heterocycles. The van der Waals surface area contributed by atoms with E-state index >= 15 is 0 Å². The fraction of sp³-hybridized carbons (Fsp3) is 0.364. The van der Waals surface area contributed by atoms with E-state index in [2.05, 4.69) is 20.9 Å². The van der Waals surface area contributed by atoms with Gasteiger partial charge in [-0.05, 0) is 34.0 Å². The van der Waals surface area contributed by atoms with E-state index < -0.39 is 0 Å². The first kappa shape index (κ1) is 13.4. The van der Waals surface area contributed by atoms with E-state index in [-0.39, 0.29) is 4.92 Å². The Balaban J connectivity index is 2.10. The third kappa shape index (κ3) is 3.71. The van der Waals surface area contributed by atoms with Gasteiger partial charge in [0, 0.05) is 25.0 Å². The van der Waals surface area contributed by atoms with E-state index in [1.165, 1.54) is 11.8 Å². The highest BCUT2D eigenvalue weighted by Crippen LogP contribution is 2.28. The fourth-order valence-electron chi connectivity index (χ4n) is 1.72. The van der Waals surface area contributed by atoms with Crippen molar-refractivity contribution in [2.24, 2.45) is 0 Å². The van der Waals surface area contributed by atoms with Gasteiger partial charge in [-0.2, -0.15) is 0 Å². The summed E-state index contributed by atoms with van der Waals surface area (Å²) < 4.78 is 0.792. The summed E-state index contributed by atoms with van der Waals surface area (Å²) in [5.41, 5.74) is 1.05. The first-order valence-corrected chi connectivity index (χ1v) is 7.26. The minimum atomic E-state index is -0.388. The third-order valence-corrected chi connectivity index (χ3v) is 4.13. The summed E-state index contributed by atoms with van der Waals surface area (Å²) in [6, 6.07) is 3.85. The molecular weight excluding hydrogens is 318 g/mol. The van der Waals surface area contributed by atoms with Crippen LogP contribution in [0.2, 0.25) is 0 Å². The van der Waals surface area contributed by atoms with Crippen LogP contribution in [0.4, 0.5) is 0 Å². The van der Waals surface area contributed by atoms with Crippen LogP contribution in [-0.2, 0) is 6.54 Å². The molecule has 0 saturated carbocycles. The van der Waals surface area contributed by atoms with Crippen molar-refractivity contribution in [3.8, 4) is 0 Å². The Kier molecular flexibility index (Phi) is 4.60. The number of hydrogen-bond acceptors (Lipinski definition) is 5. The molecule has 18 heavy (non-hydrogen) atoms. The van der Waals surface area contributed by atoms with Gasteiger partial charge >= 0.3 is 0 Å². The van der Waals surface area contributed by atoms with Gasteiger partial charge in [0.2, 0.25) is 0 Å². The highest BCUT2D eigenvalue weighted by molar-refractivity contribution is 9.10. The van der Waals surface area contributed by atoms with E-state index in [1.807, 2.05) is 17.0 Å². The zero-order chi connectivity index (χ0) is 13.0. The van der Waals surface area contributed by atoms with E-state index in [4.69, 9.17) is 0 Å². The normalized spacial score (nSPS) is 18.1. The minimum Gasteiger partial charge on any atom is -0.357 e. The van der Waals surface area contributed by atoms with Crippen LogP contribution < -0.4 is 0 Å². The van der Waals surface area contributed by atoms with E-state index in [9.17, 15) is 10.1 Å². The van der Waals surface area contributed by atoms with Gasteiger partial charge in [-0.15, -0.1) is 11.8 Å². The van der Waals surface area contributed by atoms with Gasteiger partial charge in [-0.3, -0.25) is 10.1 Å². The van der Waals surface area contributed by atoms with Crippen LogP contribution in [0.15, 0.2) is 34.2 Å². The van der Waals surface area contributed by atoms with Crippen molar-refractivity contribution in [2.45, 2.75) is 13.0 Å². The molecule has 1 saturated heterocycles. The zero-order valence-electron chi connectivity index (χ0n) is 9.58. The molecule has 0 unspecified atom stereocenters. The average molecular weight is 330 g/mol. The molecule has 5 nitrogen and oxygen atoms in total. The summed E-state index contributed by atoms with van der Waals surface area (Å²) in [4.78, 5) is 16.4. The molecule has 2 rings (SSSR count). The molecule has 0 radical (unpaired) electrons. The molecule has 1 aliphatic rings. The lowest BCUT2D eigenvalue weighted by Crippen LogP contribution is -2.27. The summed E-state index contributed by atoms with van der Waals surface area (Å²) >= 11 is 4.82. The summed E-state index contributed by atoms with van der Waals surface area (Å²) in [5, 5.41) is 11.3. The van der Waals surface area contributed by atoms with Gasteiger partial charge in [0.1, 0.15) is 9.63 Å². The van der Waals surface area contributed by atoms with Crippen LogP contribution >= 0.6 is 27.7 Å². The lowest BCUT2D eigenvalue weighted by Gasteiger charge is -2.29. The zero-order valence-corrected chi connectivity index (χ0v) is 12.0. The lowest BCUT2D eigenvalue weighted by molar-refractivity contribution is -0.403. The summed E-state index contributed by atoms with van der Waals surface area (Å²) in [6.45, 7) is 1.51. The Morgan fingerprint density at radius 3 is 3.11 bits per heavy atom. The standard InChI is InChI=1S/C11H12BrN3O2S/c12-10-3-2-9(6-13-10)7-14-4-1-5-18-11(14)8-15(16)17/h2-3,6,8H,1,4-5,7H2. The van der Waals surface area contributed by atoms with Crippen LogP contribution in [-0.4, -0.2) is 27.1 Å². The molecule has 2 heterocycles. The third-order valence-electron chi connectivity index (χ3n) is 2.51. The Hall–Kier alpha value is -1.08. The Bertz CT molecular complexity index is 464. The van der Waals surface area contributed by atoms with Crippen LogP contribution in [0.1, 0.15) is 12.0 Å². The van der Waals surface area contributed by atoms with Crippen LogP contribution in [0.3, 0.4) is 0 Å². The van der Waals surface area contributed by atoms with Crippen molar-refractivity contribution in [3.63, 3.8) is 0 Å². The van der Waals surface area contributed by atoms with Crippen molar-refractivity contribution in [3.05, 3.63) is 49.8 Å². The number of nitrogens with zero attached hydrogens (tertiary/aromatic N) is 3. The predicted octanol–water partition coefficient (Wildman–Crippen LogP) is 2.86. The molecule has 1 aromatic rings. The van der Waals surface area contributed by atoms with Gasteiger partial charge in [-0.1, -0.05) is 6.07 Å². The molecule has 0 N–H and O–H groups in total. The monoisotopic (exact) mass is 329 g/mol. The van der Waals surface area contributed by atoms with Gasteiger partial charge in [-0.25, -0.2) is 4.98 Å². The Labute approximate surface area is 118 Å². The van der Waals surface area contributed by atoms with Gasteiger partial charge in [0.25, 0.3) is 6.20 Å². The maximum Gasteiger partial charge on any atom is 0.264 e.